The number of rotatable bonds is 4. The molecular formula is C24H29FN6O2. The Bertz CT molecular complexity index is 1160. The first-order valence-electron chi connectivity index (χ1n) is 10.9. The van der Waals surface area contributed by atoms with Gasteiger partial charge in [-0.1, -0.05) is 0 Å². The molecule has 2 aromatic heterocycles. The maximum Gasteiger partial charge on any atom is 0.330 e. The maximum absolute atomic E-state index is 14.5. The van der Waals surface area contributed by atoms with Crippen molar-refractivity contribution in [1.29, 1.82) is 0 Å². The van der Waals surface area contributed by atoms with Crippen molar-refractivity contribution in [3.63, 3.8) is 0 Å². The average molecular weight is 453 g/mol. The molecule has 1 aliphatic rings. The number of nitrogens with zero attached hydrogens (tertiary/aromatic N) is 4. The smallest absolute Gasteiger partial charge is 0.330 e. The Morgan fingerprint density at radius 3 is 2.48 bits per heavy atom. The molecule has 33 heavy (non-hydrogen) atoms. The van der Waals surface area contributed by atoms with Gasteiger partial charge in [0.05, 0.1) is 17.7 Å². The lowest BCUT2D eigenvalue weighted by molar-refractivity contribution is -0.205. The van der Waals surface area contributed by atoms with Crippen LogP contribution in [0.5, 0.6) is 0 Å². The van der Waals surface area contributed by atoms with Crippen molar-refractivity contribution < 1.29 is 14.0 Å². The summed E-state index contributed by atoms with van der Waals surface area (Å²) >= 11 is 0. The molecule has 0 spiro atoms. The minimum atomic E-state index is -0.533. The van der Waals surface area contributed by atoms with Gasteiger partial charge >= 0.3 is 5.97 Å². The van der Waals surface area contributed by atoms with Gasteiger partial charge in [0.2, 0.25) is 0 Å². The molecule has 1 saturated heterocycles. The first-order chi connectivity index (χ1) is 15.6. The van der Waals surface area contributed by atoms with Gasteiger partial charge in [0.1, 0.15) is 11.6 Å². The molecule has 4 rings (SSSR count). The van der Waals surface area contributed by atoms with Gasteiger partial charge in [0, 0.05) is 53.4 Å². The Labute approximate surface area is 192 Å². The summed E-state index contributed by atoms with van der Waals surface area (Å²) in [4.78, 5) is 21.9. The van der Waals surface area contributed by atoms with Crippen molar-refractivity contribution in [2.75, 3.05) is 24.6 Å². The molecule has 0 unspecified atom stereocenters. The van der Waals surface area contributed by atoms with Crippen LogP contribution in [0.2, 0.25) is 0 Å². The molecular weight excluding hydrogens is 423 g/mol. The molecule has 3 aromatic rings. The highest BCUT2D eigenvalue weighted by atomic mass is 19.1. The van der Waals surface area contributed by atoms with E-state index in [1.54, 1.807) is 29.6 Å². The van der Waals surface area contributed by atoms with E-state index in [0.29, 0.717) is 29.9 Å². The highest BCUT2D eigenvalue weighted by Gasteiger charge is 2.29. The number of hydrogen-bond acceptors (Lipinski definition) is 7. The molecule has 8 nitrogen and oxygen atoms in total. The second kappa shape index (κ2) is 8.82. The molecule has 0 atom stereocenters. The van der Waals surface area contributed by atoms with Gasteiger partial charge in [0.15, 0.2) is 0 Å². The standard InChI is InChI=1S/C24H29FN6O2/c1-24(2,3)23(32)33-30-8-6-18(7-9-30)31-14-16(13-29-31)15-10-20(22(27)28-12-15)19-5-4-17(26)11-21(19)25/h4-5,10-14,18H,6-9,26H2,1-3H3,(H2,27,28). The van der Waals surface area contributed by atoms with Gasteiger partial charge in [-0.15, -0.1) is 5.06 Å². The quantitative estimate of drug-likeness (QED) is 0.574. The summed E-state index contributed by atoms with van der Waals surface area (Å²) in [5.74, 6) is -0.436. The molecule has 1 fully saturated rings. The predicted molar refractivity (Wildman–Crippen MR) is 125 cm³/mol. The van der Waals surface area contributed by atoms with Gasteiger partial charge in [-0.2, -0.15) is 5.10 Å². The number of aromatic nitrogens is 3. The topological polar surface area (TPSA) is 112 Å². The zero-order chi connectivity index (χ0) is 23.8. The van der Waals surface area contributed by atoms with Crippen LogP contribution in [0.1, 0.15) is 39.7 Å². The molecule has 1 aromatic carbocycles. The molecule has 3 heterocycles. The van der Waals surface area contributed by atoms with E-state index in [0.717, 1.165) is 24.0 Å². The number of anilines is 2. The Morgan fingerprint density at radius 2 is 1.82 bits per heavy atom. The number of hydroxylamine groups is 2. The van der Waals surface area contributed by atoms with Crippen LogP contribution >= 0.6 is 0 Å². The van der Waals surface area contributed by atoms with Gasteiger partial charge in [-0.3, -0.25) is 4.68 Å². The average Bonchev–Trinajstić information content (AvgIpc) is 3.25. The summed E-state index contributed by atoms with van der Waals surface area (Å²) < 4.78 is 16.4. The largest absolute Gasteiger partial charge is 0.399 e. The highest BCUT2D eigenvalue weighted by molar-refractivity contribution is 5.80. The van der Waals surface area contributed by atoms with E-state index in [4.69, 9.17) is 16.3 Å². The molecule has 4 N–H and O–H groups in total. The van der Waals surface area contributed by atoms with Gasteiger partial charge < -0.3 is 16.3 Å². The van der Waals surface area contributed by atoms with Gasteiger partial charge in [0.25, 0.3) is 0 Å². The summed E-state index contributed by atoms with van der Waals surface area (Å²) in [5.41, 5.74) is 14.0. The summed E-state index contributed by atoms with van der Waals surface area (Å²) in [6.45, 7) is 6.81. The summed E-state index contributed by atoms with van der Waals surface area (Å²) in [5, 5.41) is 6.26. The number of piperidine rings is 1. The zero-order valence-corrected chi connectivity index (χ0v) is 19.1. The van der Waals surface area contributed by atoms with Crippen LogP contribution in [0.15, 0.2) is 42.9 Å². The first-order valence-corrected chi connectivity index (χ1v) is 10.9. The van der Waals surface area contributed by atoms with Crippen LogP contribution in [0.4, 0.5) is 15.9 Å². The molecule has 0 amide bonds. The lowest BCUT2D eigenvalue weighted by atomic mass is 9.98. The molecule has 174 valence electrons. The monoisotopic (exact) mass is 452 g/mol. The van der Waals surface area contributed by atoms with E-state index >= 15 is 0 Å². The van der Waals surface area contributed by atoms with E-state index in [9.17, 15) is 9.18 Å². The second-order valence-corrected chi connectivity index (χ2v) is 9.39. The van der Waals surface area contributed by atoms with E-state index in [1.807, 2.05) is 37.7 Å². The maximum atomic E-state index is 14.5. The van der Waals surface area contributed by atoms with E-state index < -0.39 is 11.2 Å². The number of carbonyl (C=O) groups excluding carboxylic acids is 1. The number of pyridine rings is 1. The van der Waals surface area contributed by atoms with Gasteiger partial charge in [-0.05, 0) is 57.9 Å². The van der Waals surface area contributed by atoms with Crippen molar-refractivity contribution in [2.24, 2.45) is 5.41 Å². The van der Waals surface area contributed by atoms with Crippen LogP contribution in [-0.2, 0) is 9.63 Å². The number of nitrogen functional groups attached to an aromatic ring is 2. The van der Waals surface area contributed by atoms with Crippen molar-refractivity contribution in [1.82, 2.24) is 19.8 Å². The fraction of sp³-hybridized carbons (Fsp3) is 0.375. The number of nitrogens with two attached hydrogens (primary N) is 2. The van der Waals surface area contributed by atoms with Crippen LogP contribution in [0.25, 0.3) is 22.3 Å². The number of halogens is 1. The second-order valence-electron chi connectivity index (χ2n) is 9.39. The normalized spacial score (nSPS) is 15.5. The van der Waals surface area contributed by atoms with Crippen molar-refractivity contribution in [3.8, 4) is 22.3 Å². The predicted octanol–water partition coefficient (Wildman–Crippen LogP) is 4.06. The third-order valence-corrected chi connectivity index (χ3v) is 5.76. The van der Waals surface area contributed by atoms with E-state index in [-0.39, 0.29) is 17.8 Å². The first kappa shape index (κ1) is 22.7. The Balaban J connectivity index is 1.48. The van der Waals surface area contributed by atoms with Crippen LogP contribution in [-0.4, -0.2) is 38.9 Å². The van der Waals surface area contributed by atoms with E-state index in [1.165, 1.54) is 6.07 Å². The number of carbonyl (C=O) groups is 1. The minimum absolute atomic E-state index is 0.194. The van der Waals surface area contributed by atoms with E-state index in [2.05, 4.69) is 10.1 Å². The molecule has 0 aliphatic carbocycles. The van der Waals surface area contributed by atoms with Gasteiger partial charge in [-0.25, -0.2) is 14.2 Å². The fourth-order valence-electron chi connectivity index (χ4n) is 3.74. The van der Waals surface area contributed by atoms with Crippen LogP contribution in [0, 0.1) is 11.2 Å². The number of benzene rings is 1. The summed E-state index contributed by atoms with van der Waals surface area (Å²) in [6.07, 6.45) is 6.99. The van der Waals surface area contributed by atoms with Crippen LogP contribution < -0.4 is 11.5 Å². The minimum Gasteiger partial charge on any atom is -0.399 e. The Hall–Kier alpha value is -3.46. The molecule has 9 heteroatoms. The van der Waals surface area contributed by atoms with Crippen molar-refractivity contribution in [2.45, 2.75) is 39.7 Å². The Kier molecular flexibility index (Phi) is 6.07. The van der Waals surface area contributed by atoms with Crippen molar-refractivity contribution >= 4 is 17.5 Å². The van der Waals surface area contributed by atoms with Crippen molar-refractivity contribution in [3.05, 3.63) is 48.7 Å². The third kappa shape index (κ3) is 4.98. The van der Waals surface area contributed by atoms with Crippen LogP contribution in [0.3, 0.4) is 0 Å². The lowest BCUT2D eigenvalue weighted by Gasteiger charge is -2.32. The third-order valence-electron chi connectivity index (χ3n) is 5.76. The number of hydrogen-bond donors (Lipinski definition) is 2. The molecule has 1 aliphatic heterocycles. The summed E-state index contributed by atoms with van der Waals surface area (Å²) in [7, 11) is 0. The Morgan fingerprint density at radius 1 is 1.09 bits per heavy atom. The lowest BCUT2D eigenvalue weighted by Crippen LogP contribution is -2.39. The zero-order valence-electron chi connectivity index (χ0n) is 19.1. The molecule has 0 saturated carbocycles. The molecule has 0 radical (unpaired) electrons. The fourth-order valence-corrected chi connectivity index (χ4v) is 3.74. The summed E-state index contributed by atoms with van der Waals surface area (Å²) in [6, 6.07) is 6.51. The highest BCUT2D eigenvalue weighted by Crippen LogP contribution is 2.33. The molecule has 0 bridgehead atoms. The SMILES string of the molecule is CC(C)(C)C(=O)ON1CCC(n2cc(-c3cnc(N)c(-c4ccc(N)cc4F)c3)cn2)CC1.